The lowest BCUT2D eigenvalue weighted by atomic mass is 10.1. The molecule has 60 valence electrons. The van der Waals surface area contributed by atoms with Gasteiger partial charge in [0.1, 0.15) is 0 Å². The quantitative estimate of drug-likeness (QED) is 0.763. The topological polar surface area (TPSA) is 20.2 Å². The summed E-state index contributed by atoms with van der Waals surface area (Å²) in [6, 6.07) is 5.91. The average molecular weight is 215 g/mol. The first kappa shape index (κ1) is 8.75. The first-order valence-corrected chi connectivity index (χ1v) is 4.34. The first-order valence-electron chi connectivity index (χ1n) is 3.55. The molecule has 0 aromatic heterocycles. The van der Waals surface area contributed by atoms with Gasteiger partial charge in [-0.05, 0) is 37.1 Å². The van der Waals surface area contributed by atoms with E-state index in [9.17, 15) is 5.11 Å². The molecule has 1 nitrogen and oxygen atoms in total. The van der Waals surface area contributed by atoms with Crippen LogP contribution in [0.1, 0.15) is 24.2 Å². The Balaban J connectivity index is 3.13. The molecule has 1 rings (SSSR count). The third kappa shape index (κ3) is 2.04. The highest BCUT2D eigenvalue weighted by molar-refractivity contribution is 9.10. The minimum Gasteiger partial charge on any atom is -0.389 e. The third-order valence-corrected chi connectivity index (χ3v) is 2.18. The van der Waals surface area contributed by atoms with E-state index in [0.29, 0.717) is 0 Å². The van der Waals surface area contributed by atoms with Crippen LogP contribution in [0.5, 0.6) is 0 Å². The summed E-state index contributed by atoms with van der Waals surface area (Å²) in [6.45, 7) is 3.77. The van der Waals surface area contributed by atoms with Crippen LogP contribution in [0.15, 0.2) is 22.7 Å². The van der Waals surface area contributed by atoms with E-state index in [1.165, 1.54) is 0 Å². The molecule has 0 saturated carbocycles. The standard InChI is InChI=1S/C9H11BrO/c1-6-3-4-8(10)5-9(6)7(2)11/h3-5,7,11H,1-2H3/t7-/m0/s1. The van der Waals surface area contributed by atoms with Crippen molar-refractivity contribution >= 4 is 15.9 Å². The summed E-state index contributed by atoms with van der Waals surface area (Å²) in [5.41, 5.74) is 2.11. The maximum Gasteiger partial charge on any atom is 0.0764 e. The summed E-state index contributed by atoms with van der Waals surface area (Å²) >= 11 is 3.35. The van der Waals surface area contributed by atoms with Crippen molar-refractivity contribution in [1.29, 1.82) is 0 Å². The molecule has 0 aliphatic heterocycles. The predicted octanol–water partition coefficient (Wildman–Crippen LogP) is 2.81. The van der Waals surface area contributed by atoms with Crippen molar-refractivity contribution in [2.75, 3.05) is 0 Å². The fourth-order valence-electron chi connectivity index (χ4n) is 1.06. The van der Waals surface area contributed by atoms with E-state index in [-0.39, 0.29) is 6.10 Å². The third-order valence-electron chi connectivity index (χ3n) is 1.69. The Hall–Kier alpha value is -0.340. The van der Waals surface area contributed by atoms with Gasteiger partial charge < -0.3 is 5.11 Å². The van der Waals surface area contributed by atoms with Gasteiger partial charge in [-0.1, -0.05) is 22.0 Å². The molecule has 0 fully saturated rings. The van der Waals surface area contributed by atoms with Gasteiger partial charge in [0.15, 0.2) is 0 Å². The molecule has 0 aliphatic rings. The van der Waals surface area contributed by atoms with Gasteiger partial charge >= 0.3 is 0 Å². The van der Waals surface area contributed by atoms with Crippen LogP contribution in [0.25, 0.3) is 0 Å². The highest BCUT2D eigenvalue weighted by atomic mass is 79.9. The molecule has 1 aromatic rings. The Morgan fingerprint density at radius 2 is 2.09 bits per heavy atom. The zero-order chi connectivity index (χ0) is 8.43. The fraction of sp³-hybridized carbons (Fsp3) is 0.333. The molecule has 0 amide bonds. The highest BCUT2D eigenvalue weighted by Crippen LogP contribution is 2.21. The van der Waals surface area contributed by atoms with E-state index in [1.54, 1.807) is 6.92 Å². The van der Waals surface area contributed by atoms with E-state index in [1.807, 2.05) is 25.1 Å². The lowest BCUT2D eigenvalue weighted by Gasteiger charge is -2.08. The number of hydrogen-bond donors (Lipinski definition) is 1. The summed E-state index contributed by atoms with van der Waals surface area (Å²) in [5.74, 6) is 0. The minimum atomic E-state index is -0.382. The van der Waals surface area contributed by atoms with E-state index in [4.69, 9.17) is 0 Å². The molecule has 0 saturated heterocycles. The van der Waals surface area contributed by atoms with Crippen molar-refractivity contribution in [3.05, 3.63) is 33.8 Å². The van der Waals surface area contributed by atoms with E-state index >= 15 is 0 Å². The second-order valence-corrected chi connectivity index (χ2v) is 3.59. The van der Waals surface area contributed by atoms with Gasteiger partial charge in [-0.3, -0.25) is 0 Å². The van der Waals surface area contributed by atoms with Crippen LogP contribution >= 0.6 is 15.9 Å². The number of aryl methyl sites for hydroxylation is 1. The molecule has 0 radical (unpaired) electrons. The number of aliphatic hydroxyl groups excluding tert-OH is 1. The Morgan fingerprint density at radius 3 is 2.55 bits per heavy atom. The molecule has 0 spiro atoms. The molecule has 11 heavy (non-hydrogen) atoms. The van der Waals surface area contributed by atoms with Crippen LogP contribution in [0, 0.1) is 6.92 Å². The van der Waals surface area contributed by atoms with Gasteiger partial charge in [0.2, 0.25) is 0 Å². The number of rotatable bonds is 1. The Morgan fingerprint density at radius 1 is 1.45 bits per heavy atom. The lowest BCUT2D eigenvalue weighted by molar-refractivity contribution is 0.198. The molecule has 1 N–H and O–H groups in total. The number of aliphatic hydroxyl groups is 1. The van der Waals surface area contributed by atoms with Crippen LogP contribution in [-0.4, -0.2) is 5.11 Å². The highest BCUT2D eigenvalue weighted by Gasteiger charge is 2.03. The summed E-state index contributed by atoms with van der Waals surface area (Å²) < 4.78 is 1.01. The minimum absolute atomic E-state index is 0.382. The maximum absolute atomic E-state index is 9.31. The average Bonchev–Trinajstić information content (AvgIpc) is 1.94. The van der Waals surface area contributed by atoms with E-state index in [0.717, 1.165) is 15.6 Å². The number of halogens is 1. The fourth-order valence-corrected chi connectivity index (χ4v) is 1.44. The van der Waals surface area contributed by atoms with Gasteiger partial charge in [-0.15, -0.1) is 0 Å². The molecule has 1 aromatic carbocycles. The lowest BCUT2D eigenvalue weighted by Crippen LogP contribution is -1.93. The molecular weight excluding hydrogens is 204 g/mol. The molecule has 0 aliphatic carbocycles. The molecule has 0 bridgehead atoms. The molecule has 1 atom stereocenters. The van der Waals surface area contributed by atoms with Crippen molar-refractivity contribution in [3.63, 3.8) is 0 Å². The van der Waals surface area contributed by atoms with Crippen LogP contribution in [0.2, 0.25) is 0 Å². The molecule has 0 heterocycles. The van der Waals surface area contributed by atoms with Crippen LogP contribution in [0.4, 0.5) is 0 Å². The van der Waals surface area contributed by atoms with Gasteiger partial charge in [-0.2, -0.15) is 0 Å². The van der Waals surface area contributed by atoms with Gasteiger partial charge in [0.05, 0.1) is 6.10 Å². The van der Waals surface area contributed by atoms with Crippen molar-refractivity contribution in [1.82, 2.24) is 0 Å². The maximum atomic E-state index is 9.31. The summed E-state index contributed by atoms with van der Waals surface area (Å²) in [7, 11) is 0. The summed E-state index contributed by atoms with van der Waals surface area (Å²) in [5, 5.41) is 9.31. The Kier molecular flexibility index (Phi) is 2.68. The molecular formula is C9H11BrO. The second-order valence-electron chi connectivity index (χ2n) is 2.68. The smallest absolute Gasteiger partial charge is 0.0764 e. The first-order chi connectivity index (χ1) is 5.11. The van der Waals surface area contributed by atoms with Crippen molar-refractivity contribution in [2.45, 2.75) is 20.0 Å². The van der Waals surface area contributed by atoms with Gasteiger partial charge in [-0.25, -0.2) is 0 Å². The van der Waals surface area contributed by atoms with Crippen molar-refractivity contribution < 1.29 is 5.11 Å². The SMILES string of the molecule is Cc1ccc(Br)cc1[C@H](C)O. The Bertz CT molecular complexity index is 256. The van der Waals surface area contributed by atoms with Crippen molar-refractivity contribution in [2.24, 2.45) is 0 Å². The van der Waals surface area contributed by atoms with E-state index < -0.39 is 0 Å². The Labute approximate surface area is 75.2 Å². The largest absolute Gasteiger partial charge is 0.389 e. The summed E-state index contributed by atoms with van der Waals surface area (Å²) in [6.07, 6.45) is -0.382. The van der Waals surface area contributed by atoms with Crippen molar-refractivity contribution in [3.8, 4) is 0 Å². The van der Waals surface area contributed by atoms with Crippen LogP contribution in [-0.2, 0) is 0 Å². The predicted molar refractivity (Wildman–Crippen MR) is 49.5 cm³/mol. The number of benzene rings is 1. The molecule has 2 heteroatoms. The second kappa shape index (κ2) is 3.37. The van der Waals surface area contributed by atoms with Crippen LogP contribution < -0.4 is 0 Å². The number of hydrogen-bond acceptors (Lipinski definition) is 1. The molecule has 0 unspecified atom stereocenters. The normalized spacial score (nSPS) is 13.1. The zero-order valence-electron chi connectivity index (χ0n) is 6.63. The van der Waals surface area contributed by atoms with Gasteiger partial charge in [0.25, 0.3) is 0 Å². The summed E-state index contributed by atoms with van der Waals surface area (Å²) in [4.78, 5) is 0. The van der Waals surface area contributed by atoms with E-state index in [2.05, 4.69) is 15.9 Å². The monoisotopic (exact) mass is 214 g/mol. The zero-order valence-corrected chi connectivity index (χ0v) is 8.22. The van der Waals surface area contributed by atoms with Crippen LogP contribution in [0.3, 0.4) is 0 Å². The van der Waals surface area contributed by atoms with Gasteiger partial charge in [0, 0.05) is 4.47 Å².